The monoisotopic (exact) mass is 512 g/mol. The predicted molar refractivity (Wildman–Crippen MR) is 108 cm³/mol. The summed E-state index contributed by atoms with van der Waals surface area (Å²) in [7, 11) is -4.30. The number of benzene rings is 1. The molecular formula is C18H17ClF4N4O5S. The number of aliphatic hydroxyl groups is 1. The second-order valence-corrected chi connectivity index (χ2v) is 8.75. The Morgan fingerprint density at radius 2 is 2.03 bits per heavy atom. The van der Waals surface area contributed by atoms with Gasteiger partial charge in [-0.2, -0.15) is 4.31 Å². The Bertz CT molecular complexity index is 1140. The number of aromatic nitrogens is 1. The van der Waals surface area contributed by atoms with Gasteiger partial charge in [-0.3, -0.25) is 0 Å². The fraction of sp³-hybridized carbons (Fsp3) is 0.333. The van der Waals surface area contributed by atoms with Gasteiger partial charge in [-0.25, -0.2) is 22.6 Å². The molecule has 2 atom stereocenters. The summed E-state index contributed by atoms with van der Waals surface area (Å²) in [5, 5.41) is 10.8. The molecule has 33 heavy (non-hydrogen) atoms. The first-order valence-corrected chi connectivity index (χ1v) is 10.3. The van der Waals surface area contributed by atoms with Crippen LogP contribution in [0.5, 0.6) is 11.6 Å². The minimum Gasteiger partial charge on any atom is -0.486 e. The highest BCUT2D eigenvalue weighted by Crippen LogP contribution is 2.32. The molecule has 15 heteroatoms. The summed E-state index contributed by atoms with van der Waals surface area (Å²) in [6.45, 7) is 5.58. The molecule has 0 aliphatic carbocycles. The van der Waals surface area contributed by atoms with Crippen LogP contribution in [0.15, 0.2) is 41.4 Å². The summed E-state index contributed by atoms with van der Waals surface area (Å²) in [6, 6.07) is 4.98. The molecule has 0 radical (unpaired) electrons. The van der Waals surface area contributed by atoms with E-state index in [0.29, 0.717) is 6.20 Å². The lowest BCUT2D eigenvalue weighted by molar-refractivity contribution is -0.276. The molecule has 1 aliphatic heterocycles. The standard InChI is InChI=1S/C18H16F4N4O5S.ClH/c1-24-14-4-2-11(6-13(14)19)30-15-8-26(10-17(15,27)9-23)32(28,29)12-3-5-16(25-7-12)31-18(20,21)22;/h2-7,15,27H,8-10,23H2;1H/t15-,17-;/m0./s1. The third-order valence-corrected chi connectivity index (χ3v) is 6.45. The molecule has 2 aromatic rings. The number of ether oxygens (including phenoxy) is 2. The summed E-state index contributed by atoms with van der Waals surface area (Å²) in [6.07, 6.45) is -5.50. The minimum absolute atomic E-state index is 0. The van der Waals surface area contributed by atoms with Crippen molar-refractivity contribution in [2.45, 2.75) is 23.0 Å². The molecule has 0 saturated carbocycles. The number of hydrogen-bond acceptors (Lipinski definition) is 7. The molecule has 1 aromatic carbocycles. The van der Waals surface area contributed by atoms with Crippen LogP contribution in [0.4, 0.5) is 23.2 Å². The van der Waals surface area contributed by atoms with Gasteiger partial charge in [0.25, 0.3) is 0 Å². The molecule has 3 N–H and O–H groups in total. The summed E-state index contributed by atoms with van der Waals surface area (Å²) in [5.74, 6) is -1.76. The molecule has 1 fully saturated rings. The first-order valence-electron chi connectivity index (χ1n) is 8.86. The third kappa shape index (κ3) is 5.81. The quantitative estimate of drug-likeness (QED) is 0.450. The largest absolute Gasteiger partial charge is 0.574 e. The van der Waals surface area contributed by atoms with E-state index in [1.807, 2.05) is 0 Å². The molecule has 0 unspecified atom stereocenters. The Morgan fingerprint density at radius 3 is 2.55 bits per heavy atom. The normalized spacial score (nSPS) is 21.2. The number of β-amino-alcohol motifs (C(OH)–C–C–N with tert-alkyl or cyclic N) is 1. The summed E-state index contributed by atoms with van der Waals surface area (Å²) in [4.78, 5) is 5.87. The maximum atomic E-state index is 13.8. The van der Waals surface area contributed by atoms with E-state index in [0.717, 1.165) is 22.5 Å². The van der Waals surface area contributed by atoms with Crippen LogP contribution in [0, 0.1) is 12.4 Å². The lowest BCUT2D eigenvalue weighted by atomic mass is 10.0. The SMILES string of the molecule is Cl.[C-]#[N+]c1ccc(O[C@H]2CN(S(=O)(=O)c3ccc(OC(F)(F)F)nc3)C[C@@]2(O)CN)cc1F. The first kappa shape index (κ1) is 26.6. The molecular weight excluding hydrogens is 496 g/mol. The topological polar surface area (TPSA) is 119 Å². The molecule has 1 aliphatic rings. The third-order valence-electron chi connectivity index (χ3n) is 4.66. The number of alkyl halides is 3. The van der Waals surface area contributed by atoms with Crippen molar-refractivity contribution in [1.29, 1.82) is 0 Å². The number of hydrogen-bond donors (Lipinski definition) is 2. The van der Waals surface area contributed by atoms with Crippen LogP contribution in [0.1, 0.15) is 0 Å². The van der Waals surface area contributed by atoms with Gasteiger partial charge in [-0.15, -0.1) is 25.6 Å². The Hall–Kier alpha value is -2.70. The van der Waals surface area contributed by atoms with Gasteiger partial charge in [0.2, 0.25) is 21.6 Å². The van der Waals surface area contributed by atoms with Crippen molar-refractivity contribution < 1.29 is 40.6 Å². The summed E-state index contributed by atoms with van der Waals surface area (Å²) in [5.41, 5.74) is 3.53. The van der Waals surface area contributed by atoms with Gasteiger partial charge in [0, 0.05) is 25.2 Å². The van der Waals surface area contributed by atoms with Gasteiger partial charge in [0.05, 0.1) is 19.3 Å². The lowest BCUT2D eigenvalue weighted by Crippen LogP contribution is -2.50. The molecule has 0 bridgehead atoms. The van der Waals surface area contributed by atoms with Crippen LogP contribution >= 0.6 is 12.4 Å². The van der Waals surface area contributed by atoms with Gasteiger partial charge >= 0.3 is 6.36 Å². The maximum absolute atomic E-state index is 13.8. The number of nitrogens with zero attached hydrogens (tertiary/aromatic N) is 3. The van der Waals surface area contributed by atoms with Crippen LogP contribution < -0.4 is 15.2 Å². The van der Waals surface area contributed by atoms with E-state index in [9.17, 15) is 31.1 Å². The van der Waals surface area contributed by atoms with Crippen molar-refractivity contribution in [2.24, 2.45) is 5.73 Å². The van der Waals surface area contributed by atoms with E-state index < -0.39 is 57.8 Å². The second-order valence-electron chi connectivity index (χ2n) is 6.82. The number of pyridine rings is 1. The van der Waals surface area contributed by atoms with Crippen LogP contribution in [0.25, 0.3) is 4.85 Å². The van der Waals surface area contributed by atoms with Gasteiger partial charge in [-0.1, -0.05) is 0 Å². The fourth-order valence-corrected chi connectivity index (χ4v) is 4.47. The van der Waals surface area contributed by atoms with Crippen molar-refractivity contribution in [3.05, 3.63) is 53.8 Å². The average Bonchev–Trinajstić information content (AvgIpc) is 3.05. The van der Waals surface area contributed by atoms with E-state index in [4.69, 9.17) is 17.0 Å². The molecule has 0 spiro atoms. The van der Waals surface area contributed by atoms with Crippen molar-refractivity contribution in [2.75, 3.05) is 19.6 Å². The Kier molecular flexibility index (Phi) is 7.77. The number of sulfonamides is 1. The number of rotatable bonds is 6. The van der Waals surface area contributed by atoms with Crippen LogP contribution in [-0.2, 0) is 10.0 Å². The molecule has 0 amide bonds. The van der Waals surface area contributed by atoms with E-state index in [1.165, 1.54) is 12.1 Å². The summed E-state index contributed by atoms with van der Waals surface area (Å²) < 4.78 is 86.4. The van der Waals surface area contributed by atoms with Crippen molar-refractivity contribution in [1.82, 2.24) is 9.29 Å². The minimum atomic E-state index is -4.99. The first-order chi connectivity index (χ1) is 14.9. The maximum Gasteiger partial charge on any atom is 0.574 e. The van der Waals surface area contributed by atoms with Gasteiger partial charge in [0.15, 0.2) is 0 Å². The number of nitrogens with two attached hydrogens (primary N) is 1. The fourth-order valence-electron chi connectivity index (χ4n) is 3.02. The van der Waals surface area contributed by atoms with E-state index in [2.05, 4.69) is 14.6 Å². The van der Waals surface area contributed by atoms with Crippen LogP contribution in [-0.4, -0.2) is 60.5 Å². The van der Waals surface area contributed by atoms with Crippen molar-refractivity contribution in [3.63, 3.8) is 0 Å². The Labute approximate surface area is 192 Å². The Morgan fingerprint density at radius 1 is 1.33 bits per heavy atom. The molecule has 3 rings (SSSR count). The van der Waals surface area contributed by atoms with E-state index >= 15 is 0 Å². The second kappa shape index (κ2) is 9.65. The van der Waals surface area contributed by atoms with Crippen molar-refractivity contribution >= 4 is 28.1 Å². The molecule has 180 valence electrons. The average molecular weight is 513 g/mol. The number of halogens is 5. The zero-order valence-electron chi connectivity index (χ0n) is 16.5. The Balaban J connectivity index is 0.00000385. The predicted octanol–water partition coefficient (Wildman–Crippen LogP) is 2.23. The molecule has 9 nitrogen and oxygen atoms in total. The summed E-state index contributed by atoms with van der Waals surface area (Å²) >= 11 is 0. The zero-order valence-corrected chi connectivity index (χ0v) is 18.1. The van der Waals surface area contributed by atoms with Gasteiger partial charge < -0.3 is 20.3 Å². The molecule has 1 saturated heterocycles. The molecule has 2 heterocycles. The highest BCUT2D eigenvalue weighted by molar-refractivity contribution is 7.89. The highest BCUT2D eigenvalue weighted by atomic mass is 35.5. The van der Waals surface area contributed by atoms with Gasteiger partial charge in [-0.05, 0) is 18.2 Å². The smallest absolute Gasteiger partial charge is 0.486 e. The van der Waals surface area contributed by atoms with E-state index in [1.54, 1.807) is 0 Å². The zero-order chi connectivity index (χ0) is 23.7. The lowest BCUT2D eigenvalue weighted by Gasteiger charge is -2.27. The van der Waals surface area contributed by atoms with Crippen molar-refractivity contribution in [3.8, 4) is 11.6 Å². The van der Waals surface area contributed by atoms with E-state index in [-0.39, 0.29) is 30.4 Å². The van der Waals surface area contributed by atoms with Crippen LogP contribution in [0.2, 0.25) is 0 Å². The van der Waals surface area contributed by atoms with Crippen LogP contribution in [0.3, 0.4) is 0 Å². The molecule has 1 aromatic heterocycles. The highest BCUT2D eigenvalue weighted by Gasteiger charge is 2.50. The van der Waals surface area contributed by atoms with Gasteiger partial charge in [0.1, 0.15) is 28.2 Å².